The first-order valence-electron chi connectivity index (χ1n) is 12.1. The fourth-order valence-electron chi connectivity index (χ4n) is 4.83. The van der Waals surface area contributed by atoms with Crippen molar-refractivity contribution in [1.82, 2.24) is 19.4 Å². The van der Waals surface area contributed by atoms with Gasteiger partial charge in [0.05, 0.1) is 23.7 Å². The largest absolute Gasteiger partial charge is 0.465 e. The Bertz CT molecular complexity index is 1400. The smallest absolute Gasteiger partial charge is 0.338 e. The number of amides is 1. The lowest BCUT2D eigenvalue weighted by molar-refractivity contribution is -0.122. The maximum atomic E-state index is 13.7. The zero-order valence-electron chi connectivity index (χ0n) is 19.7. The Morgan fingerprint density at radius 2 is 1.77 bits per heavy atom. The Morgan fingerprint density at radius 1 is 1.06 bits per heavy atom. The van der Waals surface area contributed by atoms with Gasteiger partial charge in [0.2, 0.25) is 5.91 Å². The Labute approximate surface area is 201 Å². The van der Waals surface area contributed by atoms with Gasteiger partial charge in [-0.3, -0.25) is 9.59 Å². The highest BCUT2D eigenvalue weighted by atomic mass is 16.5. The number of rotatable bonds is 6. The molecule has 2 aliphatic rings. The average molecular weight is 477 g/mol. The normalized spacial score (nSPS) is 16.3. The van der Waals surface area contributed by atoms with Crippen LogP contribution in [0.1, 0.15) is 66.9 Å². The average Bonchev–Trinajstić information content (AvgIpc) is 3.72. The summed E-state index contributed by atoms with van der Waals surface area (Å²) in [6, 6.07) is 10.4. The van der Waals surface area contributed by atoms with Crippen molar-refractivity contribution in [3.63, 3.8) is 0 Å². The summed E-state index contributed by atoms with van der Waals surface area (Å²) in [6.07, 6.45) is 6.84. The molecule has 5 rings (SSSR count). The number of nitrogens with zero attached hydrogens (tertiary/aromatic N) is 3. The molecule has 0 aliphatic heterocycles. The van der Waals surface area contributed by atoms with Gasteiger partial charge in [0.1, 0.15) is 6.54 Å². The van der Waals surface area contributed by atoms with Crippen molar-refractivity contribution in [2.24, 2.45) is 0 Å². The minimum Gasteiger partial charge on any atom is -0.465 e. The van der Waals surface area contributed by atoms with Crippen LogP contribution in [0.4, 0.5) is 0 Å². The number of pyridine rings is 1. The summed E-state index contributed by atoms with van der Waals surface area (Å²) in [4.78, 5) is 57.6. The van der Waals surface area contributed by atoms with Crippen LogP contribution in [-0.2, 0) is 16.1 Å². The molecule has 182 valence electrons. The molecule has 0 spiro atoms. The second-order valence-electron chi connectivity index (χ2n) is 9.31. The highest BCUT2D eigenvalue weighted by Gasteiger charge is 2.30. The molecule has 35 heavy (non-hydrogen) atoms. The third-order valence-electron chi connectivity index (χ3n) is 6.80. The molecule has 9 nitrogen and oxygen atoms in total. The fraction of sp³-hybridized carbons (Fsp3) is 0.423. The van der Waals surface area contributed by atoms with Crippen LogP contribution in [0.15, 0.2) is 46.0 Å². The van der Waals surface area contributed by atoms with Gasteiger partial charge < -0.3 is 10.1 Å². The van der Waals surface area contributed by atoms with Crippen LogP contribution in [-0.4, -0.2) is 39.1 Å². The third-order valence-corrected chi connectivity index (χ3v) is 6.80. The second-order valence-corrected chi connectivity index (χ2v) is 9.31. The van der Waals surface area contributed by atoms with Gasteiger partial charge in [0, 0.05) is 17.7 Å². The first-order valence-corrected chi connectivity index (χ1v) is 12.1. The Morgan fingerprint density at radius 3 is 2.43 bits per heavy atom. The predicted molar refractivity (Wildman–Crippen MR) is 130 cm³/mol. The molecule has 2 aromatic heterocycles. The SMILES string of the molecule is COC(=O)c1cc(C2CC2)nc2c1c(=O)n(CC(=O)NC1CCCCC1)c(=O)n2-c1ccccc1. The van der Waals surface area contributed by atoms with E-state index in [9.17, 15) is 19.2 Å². The van der Waals surface area contributed by atoms with Crippen LogP contribution >= 0.6 is 0 Å². The summed E-state index contributed by atoms with van der Waals surface area (Å²) in [5.74, 6) is -0.920. The maximum absolute atomic E-state index is 13.7. The summed E-state index contributed by atoms with van der Waals surface area (Å²) in [7, 11) is 1.24. The summed E-state index contributed by atoms with van der Waals surface area (Å²) in [5.41, 5.74) is -0.125. The lowest BCUT2D eigenvalue weighted by Gasteiger charge is -2.23. The summed E-state index contributed by atoms with van der Waals surface area (Å²) >= 11 is 0. The van der Waals surface area contributed by atoms with E-state index in [0.29, 0.717) is 11.4 Å². The highest BCUT2D eigenvalue weighted by molar-refractivity contribution is 6.02. The van der Waals surface area contributed by atoms with Gasteiger partial charge >= 0.3 is 11.7 Å². The van der Waals surface area contributed by atoms with Crippen molar-refractivity contribution in [1.29, 1.82) is 0 Å². The number of para-hydroxylation sites is 1. The number of fused-ring (bicyclic) bond motifs is 1. The molecule has 2 fully saturated rings. The van der Waals surface area contributed by atoms with E-state index in [0.717, 1.165) is 49.5 Å². The highest BCUT2D eigenvalue weighted by Crippen LogP contribution is 2.40. The first kappa shape index (κ1) is 23.0. The first-order chi connectivity index (χ1) is 17.0. The molecule has 1 aromatic carbocycles. The van der Waals surface area contributed by atoms with E-state index >= 15 is 0 Å². The van der Waals surface area contributed by atoms with Gasteiger partial charge in [-0.25, -0.2) is 23.7 Å². The van der Waals surface area contributed by atoms with Crippen LogP contribution in [0.25, 0.3) is 16.7 Å². The molecule has 1 amide bonds. The van der Waals surface area contributed by atoms with Gasteiger partial charge in [-0.1, -0.05) is 37.5 Å². The minimum atomic E-state index is -0.730. The Hall–Kier alpha value is -3.75. The predicted octanol–water partition coefficient (Wildman–Crippen LogP) is 2.66. The number of methoxy groups -OCH3 is 1. The Kier molecular flexibility index (Phi) is 6.23. The fourth-order valence-corrected chi connectivity index (χ4v) is 4.83. The zero-order chi connectivity index (χ0) is 24.5. The van der Waals surface area contributed by atoms with E-state index in [-0.39, 0.29) is 28.6 Å². The molecule has 2 heterocycles. The zero-order valence-corrected chi connectivity index (χ0v) is 19.7. The lowest BCUT2D eigenvalue weighted by Crippen LogP contribution is -2.46. The van der Waals surface area contributed by atoms with Gasteiger partial charge in [-0.15, -0.1) is 0 Å². The minimum absolute atomic E-state index is 0.0323. The molecular formula is C26H28N4O5. The van der Waals surface area contributed by atoms with Crippen LogP contribution in [0, 0.1) is 0 Å². The molecule has 2 saturated carbocycles. The van der Waals surface area contributed by atoms with Crippen LogP contribution in [0.5, 0.6) is 0 Å². The van der Waals surface area contributed by atoms with Crippen molar-refractivity contribution >= 4 is 22.9 Å². The van der Waals surface area contributed by atoms with Gasteiger partial charge in [-0.05, 0) is 43.9 Å². The summed E-state index contributed by atoms with van der Waals surface area (Å²) < 4.78 is 7.17. The van der Waals surface area contributed by atoms with Crippen molar-refractivity contribution in [3.05, 3.63) is 68.5 Å². The number of nitrogens with one attached hydrogen (secondary N) is 1. The molecule has 2 aliphatic carbocycles. The van der Waals surface area contributed by atoms with E-state index < -0.39 is 29.7 Å². The van der Waals surface area contributed by atoms with Crippen LogP contribution in [0.3, 0.4) is 0 Å². The molecule has 3 aromatic rings. The molecule has 0 atom stereocenters. The molecule has 0 radical (unpaired) electrons. The molecule has 0 bridgehead atoms. The number of carbonyl (C=O) groups excluding carboxylic acids is 2. The van der Waals surface area contributed by atoms with Crippen molar-refractivity contribution < 1.29 is 14.3 Å². The molecule has 1 N–H and O–H groups in total. The molecule has 0 unspecified atom stereocenters. The number of benzene rings is 1. The van der Waals surface area contributed by atoms with E-state index in [1.807, 2.05) is 6.07 Å². The second kappa shape index (κ2) is 9.48. The number of hydrogen-bond acceptors (Lipinski definition) is 6. The van der Waals surface area contributed by atoms with Crippen molar-refractivity contribution in [2.45, 2.75) is 63.5 Å². The summed E-state index contributed by atoms with van der Waals surface area (Å²) in [6.45, 7) is -0.443. The molecule has 9 heteroatoms. The van der Waals surface area contributed by atoms with Crippen molar-refractivity contribution in [3.8, 4) is 5.69 Å². The lowest BCUT2D eigenvalue weighted by atomic mass is 9.95. The van der Waals surface area contributed by atoms with Crippen molar-refractivity contribution in [2.75, 3.05) is 7.11 Å². The topological polar surface area (TPSA) is 112 Å². The Balaban J connectivity index is 1.71. The quantitative estimate of drug-likeness (QED) is 0.548. The number of hydrogen-bond donors (Lipinski definition) is 1. The van der Waals surface area contributed by atoms with E-state index in [1.54, 1.807) is 30.3 Å². The summed E-state index contributed by atoms with van der Waals surface area (Å²) in [5, 5.41) is 2.92. The number of ether oxygens (including phenoxy) is 1. The van der Waals surface area contributed by atoms with Crippen LogP contribution < -0.4 is 16.6 Å². The molecule has 0 saturated heterocycles. The number of carbonyl (C=O) groups is 2. The van der Waals surface area contributed by atoms with E-state index in [4.69, 9.17) is 4.74 Å². The van der Waals surface area contributed by atoms with E-state index in [2.05, 4.69) is 10.3 Å². The number of aromatic nitrogens is 3. The monoisotopic (exact) mass is 476 g/mol. The third kappa shape index (κ3) is 4.50. The van der Waals surface area contributed by atoms with Gasteiger partial charge in [-0.2, -0.15) is 0 Å². The number of esters is 1. The van der Waals surface area contributed by atoms with Gasteiger partial charge in [0.15, 0.2) is 5.65 Å². The maximum Gasteiger partial charge on any atom is 0.338 e. The standard InChI is InChI=1S/C26H28N4O5/c1-35-25(33)19-14-20(16-12-13-16)28-23-22(19)24(32)29(15-21(31)27-17-8-4-2-5-9-17)26(34)30(23)18-10-6-3-7-11-18/h3,6-7,10-11,14,16-17H,2,4-5,8-9,12-13,15H2,1H3,(H,27,31). The van der Waals surface area contributed by atoms with E-state index in [1.165, 1.54) is 11.7 Å². The van der Waals surface area contributed by atoms with Crippen LogP contribution in [0.2, 0.25) is 0 Å². The van der Waals surface area contributed by atoms with Gasteiger partial charge in [0.25, 0.3) is 5.56 Å². The molecular weight excluding hydrogens is 448 g/mol.